The molecule has 0 aromatic heterocycles. The molecule has 0 aromatic carbocycles. The van der Waals surface area contributed by atoms with E-state index in [9.17, 15) is 4.79 Å². The van der Waals surface area contributed by atoms with Crippen molar-refractivity contribution < 1.29 is 7.87 Å². The summed E-state index contributed by atoms with van der Waals surface area (Å²) >= 11 is -2.65. The van der Waals surface area contributed by atoms with Gasteiger partial charge in [-0.3, -0.25) is 0 Å². The van der Waals surface area contributed by atoms with E-state index >= 15 is 0 Å². The van der Waals surface area contributed by atoms with Gasteiger partial charge < -0.3 is 0 Å². The first-order valence-corrected chi connectivity index (χ1v) is 19.8. The van der Waals surface area contributed by atoms with Crippen LogP contribution in [0, 0.1) is 0 Å². The van der Waals surface area contributed by atoms with Crippen LogP contribution in [-0.4, -0.2) is 29.1 Å². The Morgan fingerprint density at radius 3 is 1.78 bits per heavy atom. The van der Waals surface area contributed by atoms with E-state index in [1.165, 1.54) is 85.9 Å². The van der Waals surface area contributed by atoms with Gasteiger partial charge in [-0.25, -0.2) is 0 Å². The summed E-state index contributed by atoms with van der Waals surface area (Å²) in [5.74, 6) is 1.16. The minimum atomic E-state index is -2.65. The van der Waals surface area contributed by atoms with Gasteiger partial charge in [0.25, 0.3) is 0 Å². The minimum absolute atomic E-state index is 0.122. The summed E-state index contributed by atoms with van der Waals surface area (Å²) in [5, 5.41) is 0. The summed E-state index contributed by atoms with van der Waals surface area (Å²) in [4.78, 5) is 11.8. The molecule has 1 saturated heterocycles. The second kappa shape index (κ2) is 13.9. The first kappa shape index (κ1) is 21.7. The molecule has 0 bridgehead atoms. The normalized spacial score (nSPS) is 17.2. The van der Waals surface area contributed by atoms with Crippen molar-refractivity contribution >= 4 is 32.3 Å². The van der Waals surface area contributed by atoms with Gasteiger partial charge in [-0.2, -0.15) is 0 Å². The van der Waals surface area contributed by atoms with Crippen molar-refractivity contribution in [3.05, 3.63) is 0 Å². The quantitative estimate of drug-likeness (QED) is 0.215. The van der Waals surface area contributed by atoms with Crippen LogP contribution < -0.4 is 0 Å². The van der Waals surface area contributed by atoms with Crippen molar-refractivity contribution in [1.29, 1.82) is 0 Å². The van der Waals surface area contributed by atoms with E-state index < -0.39 is 17.4 Å². The molecule has 0 N–H and O–H groups in total. The Morgan fingerprint density at radius 2 is 1.30 bits per heavy atom. The molecule has 136 valence electrons. The molecule has 4 heteroatoms. The predicted molar refractivity (Wildman–Crippen MR) is 105 cm³/mol. The molecule has 0 radical (unpaired) electrons. The van der Waals surface area contributed by atoms with Gasteiger partial charge in [0.1, 0.15) is 0 Å². The van der Waals surface area contributed by atoms with Gasteiger partial charge in [-0.05, 0) is 0 Å². The maximum absolute atomic E-state index is 11.8. The summed E-state index contributed by atoms with van der Waals surface area (Å²) in [7, 11) is 2.12. The fraction of sp³-hybridized carbons (Fsp3) is 0.947. The molecular formula is C19H38O2SSn. The van der Waals surface area contributed by atoms with Crippen LogP contribution in [0.5, 0.6) is 0 Å². The third-order valence-corrected chi connectivity index (χ3v) is 23.4. The molecule has 1 aliphatic rings. The van der Waals surface area contributed by atoms with Crippen molar-refractivity contribution in [3.8, 4) is 0 Å². The molecule has 1 fully saturated rings. The Hall–Kier alpha value is 0.619. The molecule has 0 aliphatic carbocycles. The van der Waals surface area contributed by atoms with Gasteiger partial charge in [0.05, 0.1) is 0 Å². The standard InChI is InChI=1S/2C8H17.C3H6O2S.Sn/c2*1-3-5-7-8-6-4-2;4-3(5)1-2-6;/h2*1,3-8H2,2H3;6H,1-2H2,(H,4,5);/q;;;+2/p-2. The molecule has 0 saturated carbocycles. The third-order valence-electron chi connectivity index (χ3n) is 4.79. The van der Waals surface area contributed by atoms with E-state index in [-0.39, 0.29) is 5.97 Å². The van der Waals surface area contributed by atoms with Crippen molar-refractivity contribution in [2.75, 3.05) is 5.75 Å². The zero-order valence-electron chi connectivity index (χ0n) is 15.5. The van der Waals surface area contributed by atoms with Crippen LogP contribution in [0.25, 0.3) is 0 Å². The average molecular weight is 449 g/mol. The molecule has 1 aliphatic heterocycles. The topological polar surface area (TPSA) is 26.3 Å². The molecular weight excluding hydrogens is 411 g/mol. The second-order valence-electron chi connectivity index (χ2n) is 7.02. The Kier molecular flexibility index (Phi) is 13.1. The van der Waals surface area contributed by atoms with Gasteiger partial charge in [0.15, 0.2) is 0 Å². The van der Waals surface area contributed by atoms with Gasteiger partial charge in [-0.1, -0.05) is 0 Å². The molecule has 1 heterocycles. The zero-order chi connectivity index (χ0) is 16.8. The second-order valence-corrected chi connectivity index (χ2v) is 23.8. The fourth-order valence-corrected chi connectivity index (χ4v) is 21.2. The summed E-state index contributed by atoms with van der Waals surface area (Å²) in [6.45, 7) is 4.54. The van der Waals surface area contributed by atoms with Crippen molar-refractivity contribution in [2.24, 2.45) is 0 Å². The maximum atomic E-state index is 11.8. The molecule has 0 spiro atoms. The van der Waals surface area contributed by atoms with Crippen LogP contribution in [0.3, 0.4) is 0 Å². The zero-order valence-corrected chi connectivity index (χ0v) is 19.2. The molecule has 0 atom stereocenters. The van der Waals surface area contributed by atoms with Gasteiger partial charge in [-0.15, -0.1) is 0 Å². The van der Waals surface area contributed by atoms with E-state index in [4.69, 9.17) is 3.07 Å². The van der Waals surface area contributed by atoms with E-state index in [2.05, 4.69) is 22.8 Å². The van der Waals surface area contributed by atoms with Crippen LogP contribution in [0.15, 0.2) is 0 Å². The van der Waals surface area contributed by atoms with E-state index in [1.54, 1.807) is 0 Å². The Labute approximate surface area is 151 Å². The van der Waals surface area contributed by atoms with Crippen molar-refractivity contribution in [2.45, 2.75) is 106 Å². The SMILES string of the molecule is CCCCCCC[CH2][Sn]1([CH2]CCCCCCC)[O]C(=O)CC[S]1. The number of hydrogen-bond donors (Lipinski definition) is 0. The molecule has 1 rings (SSSR count). The third kappa shape index (κ3) is 10.3. The van der Waals surface area contributed by atoms with Crippen LogP contribution in [0.4, 0.5) is 0 Å². The van der Waals surface area contributed by atoms with Crippen LogP contribution >= 0.6 is 8.95 Å². The fourth-order valence-electron chi connectivity index (χ4n) is 3.33. The summed E-state index contributed by atoms with van der Waals surface area (Å²) in [5.41, 5.74) is 0. The van der Waals surface area contributed by atoms with Crippen molar-refractivity contribution in [1.82, 2.24) is 0 Å². The monoisotopic (exact) mass is 450 g/mol. The van der Waals surface area contributed by atoms with Gasteiger partial charge >= 0.3 is 152 Å². The van der Waals surface area contributed by atoms with E-state index in [0.29, 0.717) is 6.42 Å². The molecule has 0 amide bonds. The Balaban J connectivity index is 2.27. The predicted octanol–water partition coefficient (Wildman–Crippen LogP) is 6.83. The molecule has 0 unspecified atom stereocenters. The summed E-state index contributed by atoms with van der Waals surface area (Å²) < 4.78 is 8.60. The number of rotatable bonds is 14. The first-order valence-electron chi connectivity index (χ1n) is 10.1. The number of hydrogen-bond acceptors (Lipinski definition) is 3. The molecule has 23 heavy (non-hydrogen) atoms. The van der Waals surface area contributed by atoms with Crippen LogP contribution in [0.1, 0.15) is 97.3 Å². The number of unbranched alkanes of at least 4 members (excludes halogenated alkanes) is 10. The Morgan fingerprint density at radius 1 is 0.826 bits per heavy atom. The number of carbonyl (C=O) groups is 1. The molecule has 2 nitrogen and oxygen atoms in total. The first-order chi connectivity index (χ1) is 11.2. The van der Waals surface area contributed by atoms with Gasteiger partial charge in [0, 0.05) is 0 Å². The number of carbonyl (C=O) groups excluding carboxylic acids is 1. The molecule has 0 aromatic rings. The summed E-state index contributed by atoms with van der Waals surface area (Å²) in [6, 6.07) is 0. The Bertz CT molecular complexity index is 294. The average Bonchev–Trinajstić information content (AvgIpc) is 2.54. The van der Waals surface area contributed by atoms with E-state index in [0.717, 1.165) is 5.75 Å². The van der Waals surface area contributed by atoms with Crippen molar-refractivity contribution in [3.63, 3.8) is 0 Å². The summed E-state index contributed by atoms with van der Waals surface area (Å²) in [6.07, 6.45) is 16.8. The van der Waals surface area contributed by atoms with Gasteiger partial charge in [0.2, 0.25) is 0 Å². The van der Waals surface area contributed by atoms with Crippen LogP contribution in [-0.2, 0) is 7.87 Å². The van der Waals surface area contributed by atoms with E-state index in [1.807, 2.05) is 0 Å². The van der Waals surface area contributed by atoms with Crippen LogP contribution in [0.2, 0.25) is 8.87 Å².